The second kappa shape index (κ2) is 7.49. The van der Waals surface area contributed by atoms with Crippen LogP contribution in [0.3, 0.4) is 0 Å². The zero-order valence-electron chi connectivity index (χ0n) is 13.7. The third-order valence-electron chi connectivity index (χ3n) is 3.92. The van der Waals surface area contributed by atoms with E-state index < -0.39 is 0 Å². The molecule has 1 aromatic carbocycles. The van der Waals surface area contributed by atoms with E-state index in [2.05, 4.69) is 40.7 Å². The fraction of sp³-hybridized carbons (Fsp3) is 0.333. The number of amides is 1. The molecule has 0 spiro atoms. The van der Waals surface area contributed by atoms with Gasteiger partial charge in [-0.05, 0) is 13.0 Å². The molecule has 24 heavy (non-hydrogen) atoms. The summed E-state index contributed by atoms with van der Waals surface area (Å²) in [5.41, 5.74) is 4.79. The lowest BCUT2D eigenvalue weighted by molar-refractivity contribution is -0.121. The number of aromatic nitrogens is 1. The summed E-state index contributed by atoms with van der Waals surface area (Å²) in [6.07, 6.45) is 6.10. The molecule has 4 nitrogen and oxygen atoms in total. The number of rotatable bonds is 6. The first kappa shape index (κ1) is 17.2. The highest BCUT2D eigenvalue weighted by Gasteiger charge is 2.32. The number of thioether (sulfide) groups is 2. The number of nitrogens with zero attached hydrogens (tertiary/aromatic N) is 2. The second-order valence-corrected chi connectivity index (χ2v) is 9.30. The molecular formula is C18H21N3OS2. The van der Waals surface area contributed by atoms with Crippen molar-refractivity contribution in [2.75, 3.05) is 11.5 Å². The molecule has 1 aliphatic heterocycles. The van der Waals surface area contributed by atoms with E-state index in [0.717, 1.165) is 34.5 Å². The summed E-state index contributed by atoms with van der Waals surface area (Å²) < 4.78 is 2.11. The number of hydrogen-bond acceptors (Lipinski definition) is 4. The molecule has 0 atom stereocenters. The largest absolute Gasteiger partial charge is 0.343 e. The maximum absolute atomic E-state index is 12.1. The first-order chi connectivity index (χ1) is 11.6. The number of para-hydroxylation sites is 1. The molecule has 126 valence electrons. The van der Waals surface area contributed by atoms with E-state index in [1.165, 1.54) is 0 Å². The number of carbonyl (C=O) groups is 1. The smallest absolute Gasteiger partial charge is 0.242 e. The van der Waals surface area contributed by atoms with Crippen molar-refractivity contribution in [3.8, 4) is 0 Å². The van der Waals surface area contributed by atoms with Crippen LogP contribution < -0.4 is 5.43 Å². The van der Waals surface area contributed by atoms with Gasteiger partial charge < -0.3 is 4.57 Å². The van der Waals surface area contributed by atoms with Crippen molar-refractivity contribution in [1.82, 2.24) is 9.99 Å². The highest BCUT2D eigenvalue weighted by Crippen LogP contribution is 2.45. The van der Waals surface area contributed by atoms with E-state index in [4.69, 9.17) is 0 Å². The van der Waals surface area contributed by atoms with Crippen LogP contribution in [0.2, 0.25) is 0 Å². The van der Waals surface area contributed by atoms with E-state index in [1.54, 1.807) is 6.21 Å². The average molecular weight is 360 g/mol. The third kappa shape index (κ3) is 3.87. The Kier molecular flexibility index (Phi) is 5.36. The van der Waals surface area contributed by atoms with Gasteiger partial charge in [-0.3, -0.25) is 4.79 Å². The van der Waals surface area contributed by atoms with Crippen LogP contribution in [-0.2, 0) is 11.3 Å². The first-order valence-electron chi connectivity index (χ1n) is 7.90. The van der Waals surface area contributed by atoms with Gasteiger partial charge in [-0.25, -0.2) is 5.43 Å². The Balaban J connectivity index is 1.69. The number of benzene rings is 1. The second-order valence-electron chi connectivity index (χ2n) is 5.84. The predicted molar refractivity (Wildman–Crippen MR) is 106 cm³/mol. The molecule has 1 amide bonds. The van der Waals surface area contributed by atoms with Gasteiger partial charge >= 0.3 is 0 Å². The summed E-state index contributed by atoms with van der Waals surface area (Å²) in [5.74, 6) is 2.19. The van der Waals surface area contributed by atoms with Gasteiger partial charge in [0.1, 0.15) is 0 Å². The van der Waals surface area contributed by atoms with Crippen LogP contribution in [-0.4, -0.2) is 32.3 Å². The molecule has 1 saturated heterocycles. The van der Waals surface area contributed by atoms with Crippen LogP contribution >= 0.6 is 23.5 Å². The molecule has 1 fully saturated rings. The van der Waals surface area contributed by atoms with Gasteiger partial charge in [-0.15, -0.1) is 30.1 Å². The monoisotopic (exact) mass is 359 g/mol. The van der Waals surface area contributed by atoms with Crippen LogP contribution in [0.25, 0.3) is 10.9 Å². The molecule has 2 aromatic rings. The Morgan fingerprint density at radius 2 is 2.17 bits per heavy atom. The fourth-order valence-corrected chi connectivity index (χ4v) is 5.66. The minimum Gasteiger partial charge on any atom is -0.343 e. The minimum absolute atomic E-state index is 0.0143. The van der Waals surface area contributed by atoms with Crippen molar-refractivity contribution in [3.05, 3.63) is 48.7 Å². The molecule has 1 N–H and O–H groups in total. The zero-order valence-corrected chi connectivity index (χ0v) is 15.3. The van der Waals surface area contributed by atoms with Crippen LogP contribution in [0.5, 0.6) is 0 Å². The number of hydrogen-bond donors (Lipinski definition) is 1. The molecule has 0 aliphatic carbocycles. The van der Waals surface area contributed by atoms with Crippen LogP contribution in [0, 0.1) is 0 Å². The molecule has 0 saturated carbocycles. The highest BCUT2D eigenvalue weighted by molar-refractivity contribution is 8.21. The zero-order chi connectivity index (χ0) is 17.0. The quantitative estimate of drug-likeness (QED) is 0.484. The number of hydrazone groups is 1. The van der Waals surface area contributed by atoms with E-state index >= 15 is 0 Å². The number of carbonyl (C=O) groups excluding carboxylic acids is 1. The van der Waals surface area contributed by atoms with Gasteiger partial charge in [0.2, 0.25) is 5.91 Å². The molecule has 2 heterocycles. The maximum atomic E-state index is 12.1. The van der Waals surface area contributed by atoms with Gasteiger partial charge in [0, 0.05) is 40.7 Å². The Hall–Kier alpha value is -1.66. The number of allylic oxidation sites excluding steroid dienone is 1. The summed E-state index contributed by atoms with van der Waals surface area (Å²) >= 11 is 3.70. The lowest BCUT2D eigenvalue weighted by Crippen LogP contribution is -2.26. The number of fused-ring (bicyclic) bond motifs is 1. The summed E-state index contributed by atoms with van der Waals surface area (Å²) in [5, 5.41) is 5.27. The Morgan fingerprint density at radius 3 is 2.92 bits per heavy atom. The lowest BCUT2D eigenvalue weighted by atomic mass is 10.2. The summed E-state index contributed by atoms with van der Waals surface area (Å²) in [7, 11) is 0. The topological polar surface area (TPSA) is 46.4 Å². The average Bonchev–Trinajstić information content (AvgIpc) is 3.13. The van der Waals surface area contributed by atoms with E-state index in [1.807, 2.05) is 47.9 Å². The van der Waals surface area contributed by atoms with Gasteiger partial charge in [-0.2, -0.15) is 5.10 Å². The SMILES string of the molecule is C=CCn1cc(/C=N\NC(=O)CC2(C)SCCS2)c2ccccc21. The van der Waals surface area contributed by atoms with Crippen molar-refractivity contribution < 1.29 is 4.79 Å². The van der Waals surface area contributed by atoms with Crippen molar-refractivity contribution in [1.29, 1.82) is 0 Å². The molecule has 1 aromatic heterocycles. The van der Waals surface area contributed by atoms with Gasteiger partial charge in [0.05, 0.1) is 16.7 Å². The van der Waals surface area contributed by atoms with Crippen LogP contribution in [0.15, 0.2) is 48.2 Å². The minimum atomic E-state index is -0.0366. The van der Waals surface area contributed by atoms with Gasteiger partial charge in [0.15, 0.2) is 0 Å². The molecule has 6 heteroatoms. The molecule has 0 unspecified atom stereocenters. The van der Waals surface area contributed by atoms with Crippen molar-refractivity contribution in [2.24, 2.45) is 5.10 Å². The van der Waals surface area contributed by atoms with Crippen molar-refractivity contribution in [3.63, 3.8) is 0 Å². The van der Waals surface area contributed by atoms with E-state index in [0.29, 0.717) is 6.42 Å². The van der Waals surface area contributed by atoms with Gasteiger partial charge in [-0.1, -0.05) is 24.3 Å². The standard InChI is InChI=1S/C18H21N3OS2/c1-3-8-21-13-14(15-6-4-5-7-16(15)21)12-19-20-17(22)11-18(2)23-9-10-24-18/h3-7,12-13H,1,8-11H2,2H3,(H,20,22)/b19-12-. The Labute approximate surface area is 150 Å². The molecule has 0 bridgehead atoms. The summed E-state index contributed by atoms with van der Waals surface area (Å²) in [4.78, 5) is 12.1. The first-order valence-corrected chi connectivity index (χ1v) is 9.87. The molecular weight excluding hydrogens is 338 g/mol. The normalized spacial score (nSPS) is 16.7. The van der Waals surface area contributed by atoms with Crippen LogP contribution in [0.4, 0.5) is 0 Å². The highest BCUT2D eigenvalue weighted by atomic mass is 32.2. The van der Waals surface area contributed by atoms with Gasteiger partial charge in [0.25, 0.3) is 0 Å². The Morgan fingerprint density at radius 1 is 1.42 bits per heavy atom. The summed E-state index contributed by atoms with van der Waals surface area (Å²) in [6, 6.07) is 8.16. The molecule has 3 rings (SSSR count). The lowest BCUT2D eigenvalue weighted by Gasteiger charge is -2.19. The number of nitrogens with one attached hydrogen (secondary N) is 1. The van der Waals surface area contributed by atoms with E-state index in [9.17, 15) is 4.79 Å². The fourth-order valence-electron chi connectivity index (χ4n) is 2.83. The summed E-state index contributed by atoms with van der Waals surface area (Å²) in [6.45, 7) is 6.67. The van der Waals surface area contributed by atoms with Crippen molar-refractivity contribution >= 4 is 46.5 Å². The van der Waals surface area contributed by atoms with Crippen LogP contribution in [0.1, 0.15) is 18.9 Å². The van der Waals surface area contributed by atoms with Crippen molar-refractivity contribution in [2.45, 2.75) is 24.0 Å². The molecule has 1 aliphatic rings. The predicted octanol–water partition coefficient (Wildman–Crippen LogP) is 3.86. The third-order valence-corrected chi connectivity index (χ3v) is 7.21. The van der Waals surface area contributed by atoms with E-state index in [-0.39, 0.29) is 9.99 Å². The Bertz CT molecular complexity index is 776. The molecule has 0 radical (unpaired) electrons. The maximum Gasteiger partial charge on any atom is 0.242 e.